The predicted octanol–water partition coefficient (Wildman–Crippen LogP) is 1.44. The molecule has 0 unspecified atom stereocenters. The second kappa shape index (κ2) is 6.65. The molecule has 0 radical (unpaired) electrons. The van der Waals surface area contributed by atoms with Crippen molar-refractivity contribution in [3.8, 4) is 5.75 Å². The standard InChI is InChI=1S/C15H17N5O4/c21-14-8-12(3-4-13(14)20(23)24)15(22)18-6-1-2-11(9-18)10-19-7-5-16-17-19/h3-5,7-8,11,21H,1-2,6,9-10H2/t11-/m0/s1. The van der Waals surface area contributed by atoms with Crippen LogP contribution in [0.25, 0.3) is 0 Å². The second-order valence-corrected chi connectivity index (χ2v) is 5.85. The average Bonchev–Trinajstić information content (AvgIpc) is 3.07. The first-order chi connectivity index (χ1) is 11.5. The summed E-state index contributed by atoms with van der Waals surface area (Å²) in [5, 5.41) is 28.2. The largest absolute Gasteiger partial charge is 0.502 e. The number of carbonyl (C=O) groups is 1. The summed E-state index contributed by atoms with van der Waals surface area (Å²) in [5.74, 6) is -0.457. The topological polar surface area (TPSA) is 114 Å². The van der Waals surface area contributed by atoms with Gasteiger partial charge in [0.1, 0.15) is 0 Å². The van der Waals surface area contributed by atoms with Gasteiger partial charge in [0.2, 0.25) is 0 Å². The molecular formula is C15H17N5O4. The summed E-state index contributed by atoms with van der Waals surface area (Å²) in [4.78, 5) is 24.4. The molecule has 1 aliphatic rings. The SMILES string of the molecule is O=C(c1ccc([N+](=O)[O-])c(O)c1)N1CCC[C@H](Cn2ccnn2)C1. The highest BCUT2D eigenvalue weighted by molar-refractivity contribution is 5.95. The van der Waals surface area contributed by atoms with Crippen LogP contribution in [-0.2, 0) is 6.54 Å². The number of amides is 1. The number of piperidine rings is 1. The molecule has 0 saturated carbocycles. The number of nitrogens with zero attached hydrogens (tertiary/aromatic N) is 5. The highest BCUT2D eigenvalue weighted by Crippen LogP contribution is 2.27. The summed E-state index contributed by atoms with van der Waals surface area (Å²) >= 11 is 0. The first kappa shape index (κ1) is 15.9. The molecule has 0 spiro atoms. The summed E-state index contributed by atoms with van der Waals surface area (Å²) < 4.78 is 1.75. The Hall–Kier alpha value is -2.97. The number of phenolic OH excluding ortho intramolecular Hbond substituents is 1. The van der Waals surface area contributed by atoms with Crippen LogP contribution >= 0.6 is 0 Å². The molecule has 1 atom stereocenters. The number of likely N-dealkylation sites (tertiary alicyclic amines) is 1. The number of nitro benzene ring substituents is 1. The van der Waals surface area contributed by atoms with E-state index in [2.05, 4.69) is 10.3 Å². The van der Waals surface area contributed by atoms with E-state index in [1.807, 2.05) is 0 Å². The number of phenols is 1. The van der Waals surface area contributed by atoms with Gasteiger partial charge in [-0.1, -0.05) is 5.21 Å². The van der Waals surface area contributed by atoms with E-state index in [0.717, 1.165) is 25.0 Å². The molecule has 2 aromatic rings. The smallest absolute Gasteiger partial charge is 0.310 e. The third-order valence-electron chi connectivity index (χ3n) is 4.14. The van der Waals surface area contributed by atoms with Crippen LogP contribution < -0.4 is 0 Å². The van der Waals surface area contributed by atoms with E-state index in [0.29, 0.717) is 19.6 Å². The van der Waals surface area contributed by atoms with E-state index >= 15 is 0 Å². The predicted molar refractivity (Wildman–Crippen MR) is 83.4 cm³/mol. The number of rotatable bonds is 4. The van der Waals surface area contributed by atoms with Crippen LogP contribution in [0.4, 0.5) is 5.69 Å². The van der Waals surface area contributed by atoms with Gasteiger partial charge in [0.05, 0.1) is 11.1 Å². The minimum absolute atomic E-state index is 0.233. The van der Waals surface area contributed by atoms with Crippen LogP contribution in [0.5, 0.6) is 5.75 Å². The van der Waals surface area contributed by atoms with Crippen molar-refractivity contribution in [2.45, 2.75) is 19.4 Å². The second-order valence-electron chi connectivity index (χ2n) is 5.85. The Morgan fingerprint density at radius 1 is 1.46 bits per heavy atom. The number of nitro groups is 1. The lowest BCUT2D eigenvalue weighted by Crippen LogP contribution is -2.41. The maximum Gasteiger partial charge on any atom is 0.310 e. The van der Waals surface area contributed by atoms with Crippen molar-refractivity contribution in [2.24, 2.45) is 5.92 Å². The molecule has 1 fully saturated rings. The monoisotopic (exact) mass is 331 g/mol. The molecule has 126 valence electrons. The lowest BCUT2D eigenvalue weighted by atomic mass is 9.97. The van der Waals surface area contributed by atoms with Crippen molar-refractivity contribution < 1.29 is 14.8 Å². The van der Waals surface area contributed by atoms with E-state index in [1.54, 1.807) is 22.0 Å². The summed E-state index contributed by atoms with van der Waals surface area (Å²) in [6, 6.07) is 3.68. The normalized spacial score (nSPS) is 17.7. The van der Waals surface area contributed by atoms with Crippen molar-refractivity contribution in [1.29, 1.82) is 0 Å². The Balaban J connectivity index is 1.70. The van der Waals surface area contributed by atoms with Gasteiger partial charge in [0.25, 0.3) is 5.91 Å². The van der Waals surface area contributed by atoms with Gasteiger partial charge in [-0.2, -0.15) is 0 Å². The quantitative estimate of drug-likeness (QED) is 0.670. The van der Waals surface area contributed by atoms with Gasteiger partial charge in [-0.3, -0.25) is 19.6 Å². The molecule has 1 aliphatic heterocycles. The number of carbonyl (C=O) groups excluding carboxylic acids is 1. The fourth-order valence-corrected chi connectivity index (χ4v) is 2.99. The number of hydrogen-bond donors (Lipinski definition) is 1. The Bertz CT molecular complexity index is 746. The van der Waals surface area contributed by atoms with Crippen LogP contribution in [0.1, 0.15) is 23.2 Å². The van der Waals surface area contributed by atoms with Gasteiger partial charge in [0, 0.05) is 37.5 Å². The summed E-state index contributed by atoms with van der Waals surface area (Å²) in [7, 11) is 0. The Morgan fingerprint density at radius 3 is 2.96 bits per heavy atom. The van der Waals surface area contributed by atoms with Crippen molar-refractivity contribution >= 4 is 11.6 Å². The number of benzene rings is 1. The summed E-state index contributed by atoms with van der Waals surface area (Å²) in [5.41, 5.74) is -0.159. The molecular weight excluding hydrogens is 314 g/mol. The minimum atomic E-state index is -0.682. The Labute approximate surface area is 137 Å². The third-order valence-corrected chi connectivity index (χ3v) is 4.14. The van der Waals surface area contributed by atoms with E-state index < -0.39 is 16.4 Å². The molecule has 2 heterocycles. The molecule has 0 bridgehead atoms. The molecule has 1 amide bonds. The van der Waals surface area contributed by atoms with Crippen molar-refractivity contribution in [2.75, 3.05) is 13.1 Å². The molecule has 3 rings (SSSR count). The summed E-state index contributed by atoms with van der Waals surface area (Å²) in [6.07, 6.45) is 5.28. The maximum absolute atomic E-state index is 12.6. The van der Waals surface area contributed by atoms with Gasteiger partial charge < -0.3 is 10.0 Å². The molecule has 1 aromatic carbocycles. The highest BCUT2D eigenvalue weighted by Gasteiger charge is 2.26. The molecule has 9 heteroatoms. The first-order valence-electron chi connectivity index (χ1n) is 7.65. The van der Waals surface area contributed by atoms with E-state index in [-0.39, 0.29) is 17.4 Å². The van der Waals surface area contributed by atoms with Crippen molar-refractivity contribution in [3.63, 3.8) is 0 Å². The van der Waals surface area contributed by atoms with Crippen molar-refractivity contribution in [1.82, 2.24) is 19.9 Å². The first-order valence-corrected chi connectivity index (χ1v) is 7.65. The molecule has 1 saturated heterocycles. The summed E-state index contributed by atoms with van der Waals surface area (Å²) in [6.45, 7) is 1.90. The van der Waals surface area contributed by atoms with Crippen LogP contribution in [0, 0.1) is 16.0 Å². The van der Waals surface area contributed by atoms with E-state index in [1.165, 1.54) is 6.07 Å². The molecule has 24 heavy (non-hydrogen) atoms. The van der Waals surface area contributed by atoms with E-state index in [4.69, 9.17) is 0 Å². The van der Waals surface area contributed by atoms with Crippen LogP contribution in [-0.4, -0.2) is 48.9 Å². The van der Waals surface area contributed by atoms with Gasteiger partial charge >= 0.3 is 5.69 Å². The minimum Gasteiger partial charge on any atom is -0.502 e. The molecule has 1 aromatic heterocycles. The molecule has 9 nitrogen and oxygen atoms in total. The Morgan fingerprint density at radius 2 is 2.29 bits per heavy atom. The van der Waals surface area contributed by atoms with Crippen LogP contribution in [0.15, 0.2) is 30.6 Å². The van der Waals surface area contributed by atoms with Gasteiger partial charge in [-0.15, -0.1) is 5.10 Å². The lowest BCUT2D eigenvalue weighted by molar-refractivity contribution is -0.385. The lowest BCUT2D eigenvalue weighted by Gasteiger charge is -2.32. The zero-order chi connectivity index (χ0) is 17.1. The maximum atomic E-state index is 12.6. The fourth-order valence-electron chi connectivity index (χ4n) is 2.99. The zero-order valence-electron chi connectivity index (χ0n) is 12.9. The molecule has 1 N–H and O–H groups in total. The van der Waals surface area contributed by atoms with Crippen LogP contribution in [0.3, 0.4) is 0 Å². The van der Waals surface area contributed by atoms with E-state index in [9.17, 15) is 20.0 Å². The molecule has 0 aliphatic carbocycles. The van der Waals surface area contributed by atoms with Gasteiger partial charge in [-0.25, -0.2) is 0 Å². The number of hydrogen-bond acceptors (Lipinski definition) is 6. The zero-order valence-corrected chi connectivity index (χ0v) is 12.9. The fraction of sp³-hybridized carbons (Fsp3) is 0.400. The highest BCUT2D eigenvalue weighted by atomic mass is 16.6. The number of aromatic nitrogens is 3. The number of aromatic hydroxyl groups is 1. The van der Waals surface area contributed by atoms with Crippen LogP contribution in [0.2, 0.25) is 0 Å². The third kappa shape index (κ3) is 3.34. The van der Waals surface area contributed by atoms with Gasteiger partial charge in [0.15, 0.2) is 5.75 Å². The Kier molecular flexibility index (Phi) is 4.41. The average molecular weight is 331 g/mol. The van der Waals surface area contributed by atoms with Crippen molar-refractivity contribution in [3.05, 3.63) is 46.3 Å². The van der Waals surface area contributed by atoms with Gasteiger partial charge in [-0.05, 0) is 30.9 Å².